The van der Waals surface area contributed by atoms with Gasteiger partial charge in [0.1, 0.15) is 0 Å². The van der Waals surface area contributed by atoms with E-state index in [0.717, 1.165) is 6.54 Å². The predicted molar refractivity (Wildman–Crippen MR) is 65.3 cm³/mol. The number of amides is 2. The van der Waals surface area contributed by atoms with Gasteiger partial charge in [-0.05, 0) is 25.7 Å². The van der Waals surface area contributed by atoms with Gasteiger partial charge >= 0.3 is 0 Å². The smallest absolute Gasteiger partial charge is 0.235 e. The van der Waals surface area contributed by atoms with E-state index >= 15 is 0 Å². The molecule has 1 atom stereocenters. The summed E-state index contributed by atoms with van der Waals surface area (Å²) in [7, 11) is 0. The Morgan fingerprint density at radius 3 is 2.53 bits per heavy atom. The SMILES string of the molecule is CC(C)C1(C)CC(=O)N(CCNC2CC2)C1=O. The Morgan fingerprint density at radius 2 is 2.06 bits per heavy atom. The third-order valence-corrected chi connectivity index (χ3v) is 4.17. The molecule has 0 bridgehead atoms. The molecule has 1 aliphatic heterocycles. The number of nitrogens with zero attached hydrogens (tertiary/aromatic N) is 1. The highest BCUT2D eigenvalue weighted by atomic mass is 16.2. The first kappa shape index (κ1) is 12.6. The fraction of sp³-hybridized carbons (Fsp3) is 0.846. The number of hydrogen-bond acceptors (Lipinski definition) is 3. The average Bonchev–Trinajstić information content (AvgIpc) is 3.02. The van der Waals surface area contributed by atoms with Crippen LogP contribution in [0.25, 0.3) is 0 Å². The van der Waals surface area contributed by atoms with Crippen molar-refractivity contribution in [2.75, 3.05) is 13.1 Å². The quantitative estimate of drug-likeness (QED) is 0.731. The molecule has 0 radical (unpaired) electrons. The fourth-order valence-corrected chi connectivity index (χ4v) is 2.25. The maximum absolute atomic E-state index is 12.2. The zero-order chi connectivity index (χ0) is 12.6. The first-order chi connectivity index (χ1) is 7.95. The van der Waals surface area contributed by atoms with Gasteiger partial charge in [-0.25, -0.2) is 0 Å². The van der Waals surface area contributed by atoms with E-state index in [9.17, 15) is 9.59 Å². The number of nitrogens with one attached hydrogen (secondary N) is 1. The summed E-state index contributed by atoms with van der Waals surface area (Å²) < 4.78 is 0. The van der Waals surface area contributed by atoms with Crippen molar-refractivity contribution in [2.24, 2.45) is 11.3 Å². The molecule has 2 rings (SSSR count). The lowest BCUT2D eigenvalue weighted by molar-refractivity contribution is -0.141. The van der Waals surface area contributed by atoms with Crippen molar-refractivity contribution in [3.8, 4) is 0 Å². The molecule has 1 N–H and O–H groups in total. The standard InChI is InChI=1S/C13H22N2O2/c1-9(2)13(3)8-11(16)15(12(13)17)7-6-14-10-4-5-10/h9-10,14H,4-8H2,1-3H3. The van der Waals surface area contributed by atoms with Crippen LogP contribution in [0.15, 0.2) is 0 Å². The molecule has 1 aliphatic carbocycles. The number of carbonyl (C=O) groups is 2. The second-order valence-corrected chi connectivity index (χ2v) is 5.83. The number of rotatable bonds is 5. The van der Waals surface area contributed by atoms with Crippen LogP contribution in [0, 0.1) is 11.3 Å². The molecule has 1 heterocycles. The van der Waals surface area contributed by atoms with E-state index in [4.69, 9.17) is 0 Å². The molecule has 0 aromatic carbocycles. The molecule has 2 fully saturated rings. The fourth-order valence-electron chi connectivity index (χ4n) is 2.25. The summed E-state index contributed by atoms with van der Waals surface area (Å²) in [5, 5.41) is 3.34. The van der Waals surface area contributed by atoms with Crippen molar-refractivity contribution in [2.45, 2.75) is 46.1 Å². The average molecular weight is 238 g/mol. The highest BCUT2D eigenvalue weighted by Gasteiger charge is 2.49. The normalized spacial score (nSPS) is 29.5. The third-order valence-electron chi connectivity index (χ3n) is 4.17. The monoisotopic (exact) mass is 238 g/mol. The Hall–Kier alpha value is -0.900. The minimum atomic E-state index is -0.489. The van der Waals surface area contributed by atoms with Gasteiger partial charge in [-0.2, -0.15) is 0 Å². The third kappa shape index (κ3) is 2.37. The Balaban J connectivity index is 1.93. The van der Waals surface area contributed by atoms with Crippen LogP contribution in [-0.2, 0) is 9.59 Å². The highest BCUT2D eigenvalue weighted by Crippen LogP contribution is 2.38. The van der Waals surface area contributed by atoms with Gasteiger partial charge < -0.3 is 5.32 Å². The van der Waals surface area contributed by atoms with Crippen molar-refractivity contribution >= 4 is 11.8 Å². The molecule has 96 valence electrons. The molecular formula is C13H22N2O2. The Bertz CT molecular complexity index is 336. The van der Waals surface area contributed by atoms with Gasteiger partial charge in [0.05, 0.1) is 5.41 Å². The topological polar surface area (TPSA) is 49.4 Å². The lowest BCUT2D eigenvalue weighted by Gasteiger charge is -2.26. The first-order valence-corrected chi connectivity index (χ1v) is 6.53. The Labute approximate surface area is 103 Å². The lowest BCUT2D eigenvalue weighted by Crippen LogP contribution is -2.40. The summed E-state index contributed by atoms with van der Waals surface area (Å²) in [6.45, 7) is 7.19. The molecule has 4 heteroatoms. The van der Waals surface area contributed by atoms with Crippen molar-refractivity contribution in [3.05, 3.63) is 0 Å². The van der Waals surface area contributed by atoms with Gasteiger partial charge in [0, 0.05) is 25.6 Å². The zero-order valence-electron chi connectivity index (χ0n) is 11.0. The maximum atomic E-state index is 12.2. The van der Waals surface area contributed by atoms with E-state index in [2.05, 4.69) is 5.32 Å². The van der Waals surface area contributed by atoms with Gasteiger partial charge in [0.25, 0.3) is 0 Å². The van der Waals surface area contributed by atoms with Gasteiger partial charge in [-0.3, -0.25) is 14.5 Å². The molecule has 17 heavy (non-hydrogen) atoms. The second kappa shape index (κ2) is 4.41. The van der Waals surface area contributed by atoms with Gasteiger partial charge in [0.15, 0.2) is 0 Å². The molecule has 1 saturated heterocycles. The summed E-state index contributed by atoms with van der Waals surface area (Å²) in [5.41, 5.74) is -0.489. The zero-order valence-corrected chi connectivity index (χ0v) is 11.0. The van der Waals surface area contributed by atoms with Crippen LogP contribution in [0.4, 0.5) is 0 Å². The van der Waals surface area contributed by atoms with Crippen LogP contribution in [0.1, 0.15) is 40.0 Å². The summed E-state index contributed by atoms with van der Waals surface area (Å²) in [5.74, 6) is 0.208. The van der Waals surface area contributed by atoms with Crippen LogP contribution in [0.5, 0.6) is 0 Å². The highest BCUT2D eigenvalue weighted by molar-refractivity contribution is 6.05. The second-order valence-electron chi connectivity index (χ2n) is 5.83. The molecule has 4 nitrogen and oxygen atoms in total. The minimum absolute atomic E-state index is 0.00935. The van der Waals surface area contributed by atoms with Crippen LogP contribution < -0.4 is 5.32 Å². The van der Waals surface area contributed by atoms with Crippen LogP contribution >= 0.6 is 0 Å². The van der Waals surface area contributed by atoms with E-state index in [0.29, 0.717) is 19.0 Å². The molecule has 0 spiro atoms. The van der Waals surface area contributed by atoms with Crippen molar-refractivity contribution < 1.29 is 9.59 Å². The molecule has 2 amide bonds. The number of carbonyl (C=O) groups excluding carboxylic acids is 2. The summed E-state index contributed by atoms with van der Waals surface area (Å²) >= 11 is 0. The van der Waals surface area contributed by atoms with Crippen LogP contribution in [0.3, 0.4) is 0 Å². The molecule has 0 aromatic rings. The van der Waals surface area contributed by atoms with E-state index in [1.807, 2.05) is 20.8 Å². The summed E-state index contributed by atoms with van der Waals surface area (Å²) in [4.78, 5) is 25.6. The van der Waals surface area contributed by atoms with Crippen LogP contribution in [-0.4, -0.2) is 35.8 Å². The molecule has 0 aromatic heterocycles. The van der Waals surface area contributed by atoms with Gasteiger partial charge in [0.2, 0.25) is 11.8 Å². The van der Waals surface area contributed by atoms with Crippen molar-refractivity contribution in [1.82, 2.24) is 10.2 Å². The lowest BCUT2D eigenvalue weighted by atomic mass is 9.78. The van der Waals surface area contributed by atoms with Crippen molar-refractivity contribution in [1.29, 1.82) is 0 Å². The number of hydrogen-bond donors (Lipinski definition) is 1. The summed E-state index contributed by atoms with van der Waals surface area (Å²) in [6, 6.07) is 0.624. The van der Waals surface area contributed by atoms with E-state index < -0.39 is 5.41 Å². The molecular weight excluding hydrogens is 216 g/mol. The minimum Gasteiger partial charge on any atom is -0.312 e. The Kier molecular flexibility index (Phi) is 3.25. The van der Waals surface area contributed by atoms with E-state index in [1.165, 1.54) is 17.7 Å². The largest absolute Gasteiger partial charge is 0.312 e. The Morgan fingerprint density at radius 1 is 1.41 bits per heavy atom. The van der Waals surface area contributed by atoms with Gasteiger partial charge in [-0.1, -0.05) is 13.8 Å². The number of imide groups is 1. The van der Waals surface area contributed by atoms with Crippen LogP contribution in [0.2, 0.25) is 0 Å². The molecule has 2 aliphatic rings. The van der Waals surface area contributed by atoms with Gasteiger partial charge in [-0.15, -0.1) is 0 Å². The number of likely N-dealkylation sites (tertiary alicyclic amines) is 1. The van der Waals surface area contributed by atoms with Crippen molar-refractivity contribution in [3.63, 3.8) is 0 Å². The molecule has 1 unspecified atom stereocenters. The van der Waals surface area contributed by atoms with E-state index in [1.54, 1.807) is 0 Å². The molecule has 1 saturated carbocycles. The first-order valence-electron chi connectivity index (χ1n) is 6.53. The predicted octanol–water partition coefficient (Wildman–Crippen LogP) is 1.16. The maximum Gasteiger partial charge on any atom is 0.235 e. The summed E-state index contributed by atoms with van der Waals surface area (Å²) in [6.07, 6.45) is 2.82. The van der Waals surface area contributed by atoms with E-state index in [-0.39, 0.29) is 17.7 Å².